The van der Waals surface area contributed by atoms with Crippen LogP contribution in [0.25, 0.3) is 11.1 Å². The van der Waals surface area contributed by atoms with Gasteiger partial charge >= 0.3 is 0 Å². The first-order valence-electron chi connectivity index (χ1n) is 12.9. The third-order valence-corrected chi connectivity index (χ3v) is 7.60. The summed E-state index contributed by atoms with van der Waals surface area (Å²) in [5, 5.41) is 8.49. The number of benzene rings is 1. The predicted molar refractivity (Wildman–Crippen MR) is 139 cm³/mol. The van der Waals surface area contributed by atoms with Crippen molar-refractivity contribution in [2.24, 2.45) is 7.05 Å². The van der Waals surface area contributed by atoms with Gasteiger partial charge in [-0.1, -0.05) is 24.2 Å². The van der Waals surface area contributed by atoms with E-state index in [1.54, 1.807) is 9.58 Å². The zero-order valence-electron chi connectivity index (χ0n) is 22.0. The van der Waals surface area contributed by atoms with Gasteiger partial charge in [0.05, 0.1) is 24.5 Å². The van der Waals surface area contributed by atoms with E-state index in [1.165, 1.54) is 6.26 Å². The van der Waals surface area contributed by atoms with Crippen LogP contribution in [0.1, 0.15) is 51.6 Å². The van der Waals surface area contributed by atoms with Crippen molar-refractivity contribution in [1.29, 1.82) is 0 Å². The third kappa shape index (κ3) is 3.47. The minimum atomic E-state index is -1.02. The van der Waals surface area contributed by atoms with E-state index in [2.05, 4.69) is 10.3 Å². The van der Waals surface area contributed by atoms with Gasteiger partial charge in [-0.3, -0.25) is 14.3 Å². The van der Waals surface area contributed by atoms with Gasteiger partial charge in [0.1, 0.15) is 23.3 Å². The average Bonchev–Trinajstić information content (AvgIpc) is 3.69. The normalized spacial score (nSPS) is 18.6. The Morgan fingerprint density at radius 1 is 1.16 bits per heavy atom. The molecule has 0 radical (unpaired) electrons. The summed E-state index contributed by atoms with van der Waals surface area (Å²) in [5.41, 5.74) is 4.24. The van der Waals surface area contributed by atoms with Crippen molar-refractivity contribution < 1.29 is 18.8 Å². The summed E-state index contributed by atoms with van der Waals surface area (Å²) in [6, 6.07) is 9.61. The van der Waals surface area contributed by atoms with Crippen molar-refractivity contribution in [2.45, 2.75) is 39.4 Å². The maximum atomic E-state index is 14.0. The number of hydrogen-bond acceptors (Lipinski definition) is 6. The minimum Gasteiger partial charge on any atom is -0.494 e. The summed E-state index contributed by atoms with van der Waals surface area (Å²) in [6.07, 6.45) is 5.92. The number of nitrogens with zero attached hydrogens (tertiary/aromatic N) is 6. The zero-order chi connectivity index (χ0) is 26.6. The average molecular weight is 515 g/mol. The highest BCUT2D eigenvalue weighted by molar-refractivity contribution is 5.99. The number of hydrogen-bond donors (Lipinski definition) is 0. The molecule has 1 atom stereocenters. The van der Waals surface area contributed by atoms with Crippen molar-refractivity contribution >= 4 is 11.8 Å². The van der Waals surface area contributed by atoms with Gasteiger partial charge in [0.25, 0.3) is 11.8 Å². The molecule has 0 N–H and O–H groups in total. The first kappa shape index (κ1) is 24.0. The van der Waals surface area contributed by atoms with E-state index < -0.39 is 5.66 Å². The molecule has 196 valence electrons. The molecule has 6 rings (SSSR count). The van der Waals surface area contributed by atoms with Gasteiger partial charge in [0, 0.05) is 49.2 Å². The molecule has 2 aliphatic rings. The summed E-state index contributed by atoms with van der Waals surface area (Å²) in [7, 11) is 1.88. The topological polar surface area (TPSA) is 98.6 Å². The van der Waals surface area contributed by atoms with Gasteiger partial charge in [0.15, 0.2) is 5.66 Å². The second kappa shape index (κ2) is 8.90. The first-order valence-corrected chi connectivity index (χ1v) is 12.9. The highest BCUT2D eigenvalue weighted by Gasteiger charge is 2.56. The largest absolute Gasteiger partial charge is 0.494 e. The molecule has 1 fully saturated rings. The SMILES string of the molecule is CCOc1ccc(C23Cn4cc(-c5cn(C)nc5C)cc4C(=O)N2CCN3C(=O)c2conc2CC)cc1. The van der Waals surface area contributed by atoms with Crippen LogP contribution in [0.2, 0.25) is 0 Å². The van der Waals surface area contributed by atoms with Crippen LogP contribution in [-0.2, 0) is 25.7 Å². The van der Waals surface area contributed by atoms with Crippen LogP contribution in [0.4, 0.5) is 0 Å². The molecule has 38 heavy (non-hydrogen) atoms. The summed E-state index contributed by atoms with van der Waals surface area (Å²) in [5.74, 6) is 0.418. The third-order valence-electron chi connectivity index (χ3n) is 7.60. The molecule has 4 aromatic rings. The number of carbonyl (C=O) groups excluding carboxylic acids is 2. The molecule has 0 spiro atoms. The Bertz CT molecular complexity index is 1530. The van der Waals surface area contributed by atoms with Crippen LogP contribution in [0.3, 0.4) is 0 Å². The number of rotatable bonds is 6. The highest BCUT2D eigenvalue weighted by atomic mass is 16.5. The van der Waals surface area contributed by atoms with E-state index in [-0.39, 0.29) is 11.8 Å². The number of fused-ring (bicyclic) bond motifs is 2. The first-order chi connectivity index (χ1) is 18.4. The fourth-order valence-corrected chi connectivity index (χ4v) is 5.87. The van der Waals surface area contributed by atoms with Gasteiger partial charge in [-0.25, -0.2) is 0 Å². The van der Waals surface area contributed by atoms with Gasteiger partial charge in [-0.15, -0.1) is 0 Å². The molecule has 0 bridgehead atoms. The fourth-order valence-electron chi connectivity index (χ4n) is 5.87. The van der Waals surface area contributed by atoms with E-state index in [0.717, 1.165) is 28.1 Å². The van der Waals surface area contributed by atoms with Crippen molar-refractivity contribution in [3.8, 4) is 16.9 Å². The molecular formula is C28H30N6O4. The number of carbonyl (C=O) groups is 2. The maximum Gasteiger partial charge on any atom is 0.272 e. The Balaban J connectivity index is 1.49. The lowest BCUT2D eigenvalue weighted by Gasteiger charge is -2.47. The van der Waals surface area contributed by atoms with E-state index in [0.29, 0.717) is 49.6 Å². The van der Waals surface area contributed by atoms with Crippen LogP contribution in [0.5, 0.6) is 5.75 Å². The van der Waals surface area contributed by atoms with Crippen molar-refractivity contribution in [3.63, 3.8) is 0 Å². The molecule has 0 aliphatic carbocycles. The van der Waals surface area contributed by atoms with Crippen LogP contribution in [-0.4, -0.2) is 60.8 Å². The molecule has 1 unspecified atom stereocenters. The molecule has 0 saturated carbocycles. The Morgan fingerprint density at radius 3 is 2.63 bits per heavy atom. The standard InChI is InChI=1S/C28H30N6O4/c1-5-24-23(16-38-30-24)26(35)33-11-12-34-27(36)25-13-19(22-15-31(4)29-18(22)3)14-32(25)17-28(33,34)20-7-9-21(10-8-20)37-6-2/h7-10,13-16H,5-6,11-12,17H2,1-4H3. The predicted octanol–water partition coefficient (Wildman–Crippen LogP) is 3.61. The Morgan fingerprint density at radius 2 is 1.95 bits per heavy atom. The molecule has 3 aromatic heterocycles. The fraction of sp³-hybridized carbons (Fsp3) is 0.357. The molecule has 10 nitrogen and oxygen atoms in total. The van der Waals surface area contributed by atoms with E-state index in [1.807, 2.05) is 80.0 Å². The van der Waals surface area contributed by atoms with Crippen LogP contribution < -0.4 is 4.74 Å². The molecule has 5 heterocycles. The summed E-state index contributed by atoms with van der Waals surface area (Å²) >= 11 is 0. The van der Waals surface area contributed by atoms with Crippen molar-refractivity contribution in [2.75, 3.05) is 19.7 Å². The molecule has 2 aliphatic heterocycles. The quantitative estimate of drug-likeness (QED) is 0.390. The summed E-state index contributed by atoms with van der Waals surface area (Å²) in [4.78, 5) is 31.7. The summed E-state index contributed by atoms with van der Waals surface area (Å²) in [6.45, 7) is 7.58. The Hall–Kier alpha value is -4.34. The van der Waals surface area contributed by atoms with Gasteiger partial charge < -0.3 is 23.6 Å². The molecule has 1 aromatic carbocycles. The molecule has 1 saturated heterocycles. The monoisotopic (exact) mass is 514 g/mol. The second-order valence-electron chi connectivity index (χ2n) is 9.76. The zero-order valence-corrected chi connectivity index (χ0v) is 22.0. The maximum absolute atomic E-state index is 14.0. The Labute approximate surface area is 220 Å². The van der Waals surface area contributed by atoms with E-state index >= 15 is 0 Å². The number of amides is 2. The Kier molecular flexibility index (Phi) is 5.62. The van der Waals surface area contributed by atoms with Crippen molar-refractivity contribution in [3.05, 3.63) is 77.2 Å². The van der Waals surface area contributed by atoms with Crippen molar-refractivity contribution in [1.82, 2.24) is 29.3 Å². The number of aryl methyl sites for hydroxylation is 3. The lowest BCUT2D eigenvalue weighted by Crippen LogP contribution is -2.60. The number of ether oxygens (including phenoxy) is 1. The van der Waals surface area contributed by atoms with Gasteiger partial charge in [0.2, 0.25) is 0 Å². The minimum absolute atomic E-state index is 0.116. The lowest BCUT2D eigenvalue weighted by molar-refractivity contribution is -0.00599. The lowest BCUT2D eigenvalue weighted by atomic mass is 9.93. The number of aromatic nitrogens is 4. The van der Waals surface area contributed by atoms with Crippen LogP contribution >= 0.6 is 0 Å². The second-order valence-corrected chi connectivity index (χ2v) is 9.76. The van der Waals surface area contributed by atoms with Crippen LogP contribution in [0, 0.1) is 6.92 Å². The molecular weight excluding hydrogens is 484 g/mol. The molecule has 2 amide bonds. The smallest absolute Gasteiger partial charge is 0.272 e. The van der Waals surface area contributed by atoms with Gasteiger partial charge in [-0.2, -0.15) is 5.10 Å². The van der Waals surface area contributed by atoms with E-state index in [4.69, 9.17) is 9.26 Å². The van der Waals surface area contributed by atoms with Gasteiger partial charge in [-0.05, 0) is 38.5 Å². The summed E-state index contributed by atoms with van der Waals surface area (Å²) < 4.78 is 14.6. The van der Waals surface area contributed by atoms with E-state index in [9.17, 15) is 9.59 Å². The van der Waals surface area contributed by atoms with Crippen LogP contribution in [0.15, 0.2) is 53.5 Å². The highest BCUT2D eigenvalue weighted by Crippen LogP contribution is 2.45. The molecule has 10 heteroatoms.